The fraction of sp³-hybridized carbons (Fsp3) is 0.0667. The molecule has 1 aromatic carbocycles. The van der Waals surface area contributed by atoms with Crippen LogP contribution in [0.5, 0.6) is 5.75 Å². The van der Waals surface area contributed by atoms with Crippen molar-refractivity contribution in [2.75, 3.05) is 0 Å². The SMILES string of the molecule is Cc1ccc(-n2nc3c4cc(O)ccc4[nH]cc-3c2=O)s1. The first-order valence-corrected chi connectivity index (χ1v) is 7.25. The third kappa shape index (κ3) is 1.76. The summed E-state index contributed by atoms with van der Waals surface area (Å²) in [5.74, 6) is 0.150. The summed E-state index contributed by atoms with van der Waals surface area (Å²) in [7, 11) is 0. The molecule has 2 N–H and O–H groups in total. The van der Waals surface area contributed by atoms with Gasteiger partial charge in [-0.2, -0.15) is 9.78 Å². The topological polar surface area (TPSA) is 70.9 Å². The van der Waals surface area contributed by atoms with Crippen molar-refractivity contribution < 1.29 is 5.11 Å². The molecule has 3 heterocycles. The minimum absolute atomic E-state index is 0.150. The van der Waals surface area contributed by atoms with Gasteiger partial charge in [-0.15, -0.1) is 11.3 Å². The average Bonchev–Trinajstić information content (AvgIpc) is 3.03. The van der Waals surface area contributed by atoms with Crippen LogP contribution in [-0.2, 0) is 0 Å². The molecule has 0 aliphatic carbocycles. The molecule has 2 aliphatic heterocycles. The van der Waals surface area contributed by atoms with Crippen LogP contribution >= 0.6 is 11.3 Å². The lowest BCUT2D eigenvalue weighted by Gasteiger charge is -2.02. The highest BCUT2D eigenvalue weighted by Crippen LogP contribution is 2.29. The lowest BCUT2D eigenvalue weighted by molar-refractivity contribution is 0.476. The normalized spacial score (nSPS) is 11.5. The van der Waals surface area contributed by atoms with Crippen molar-refractivity contribution in [2.45, 2.75) is 6.92 Å². The molecule has 104 valence electrons. The summed E-state index contributed by atoms with van der Waals surface area (Å²) in [5.41, 5.74) is 1.77. The van der Waals surface area contributed by atoms with E-state index in [0.29, 0.717) is 11.3 Å². The highest BCUT2D eigenvalue weighted by molar-refractivity contribution is 7.14. The number of aromatic hydroxyl groups is 1. The van der Waals surface area contributed by atoms with Gasteiger partial charge in [-0.25, -0.2) is 0 Å². The molecule has 0 saturated heterocycles. The van der Waals surface area contributed by atoms with Gasteiger partial charge in [0.25, 0.3) is 5.56 Å². The first kappa shape index (κ1) is 12.2. The van der Waals surface area contributed by atoms with Gasteiger partial charge < -0.3 is 10.1 Å². The van der Waals surface area contributed by atoms with E-state index in [9.17, 15) is 9.90 Å². The number of aromatic nitrogens is 3. The Morgan fingerprint density at radius 1 is 1.29 bits per heavy atom. The zero-order chi connectivity index (χ0) is 14.6. The first-order valence-electron chi connectivity index (χ1n) is 6.43. The van der Waals surface area contributed by atoms with Gasteiger partial charge in [0.2, 0.25) is 0 Å². The van der Waals surface area contributed by atoms with Gasteiger partial charge in [0.15, 0.2) is 0 Å². The second-order valence-corrected chi connectivity index (χ2v) is 6.15. The molecule has 1 aromatic heterocycles. The molecule has 0 saturated carbocycles. The van der Waals surface area contributed by atoms with E-state index in [0.717, 1.165) is 20.8 Å². The maximum atomic E-state index is 12.5. The summed E-state index contributed by atoms with van der Waals surface area (Å²) in [6.45, 7) is 1.99. The summed E-state index contributed by atoms with van der Waals surface area (Å²) in [5, 5.41) is 15.6. The molecule has 0 unspecified atom stereocenters. The van der Waals surface area contributed by atoms with E-state index in [1.54, 1.807) is 24.4 Å². The molecule has 2 aromatic rings. The molecule has 4 rings (SSSR count). The number of benzene rings is 1. The van der Waals surface area contributed by atoms with Gasteiger partial charge in [0.05, 0.1) is 5.56 Å². The number of hydrogen-bond donors (Lipinski definition) is 2. The van der Waals surface area contributed by atoms with Crippen molar-refractivity contribution in [3.05, 3.63) is 51.8 Å². The predicted octanol–water partition coefficient (Wildman–Crippen LogP) is 2.89. The van der Waals surface area contributed by atoms with E-state index in [4.69, 9.17) is 0 Å². The van der Waals surface area contributed by atoms with Crippen LogP contribution in [0.2, 0.25) is 0 Å². The summed E-state index contributed by atoms with van der Waals surface area (Å²) in [6, 6.07) is 8.83. The Kier molecular flexibility index (Phi) is 2.43. The maximum absolute atomic E-state index is 12.5. The summed E-state index contributed by atoms with van der Waals surface area (Å²) in [4.78, 5) is 16.7. The van der Waals surface area contributed by atoms with Gasteiger partial charge in [0.1, 0.15) is 16.4 Å². The number of hydrogen-bond acceptors (Lipinski definition) is 4. The van der Waals surface area contributed by atoms with Crippen molar-refractivity contribution >= 4 is 22.2 Å². The number of phenolic OH excluding ortho intramolecular Hbond substituents is 1. The molecule has 2 aliphatic rings. The van der Waals surface area contributed by atoms with E-state index in [1.165, 1.54) is 16.0 Å². The van der Waals surface area contributed by atoms with Crippen molar-refractivity contribution in [2.24, 2.45) is 0 Å². The van der Waals surface area contributed by atoms with Crippen LogP contribution in [0.3, 0.4) is 0 Å². The van der Waals surface area contributed by atoms with Gasteiger partial charge in [-0.05, 0) is 37.3 Å². The smallest absolute Gasteiger partial charge is 0.283 e. The number of nitrogens with one attached hydrogen (secondary N) is 1. The number of pyridine rings is 1. The van der Waals surface area contributed by atoms with Gasteiger partial charge in [-0.1, -0.05) is 0 Å². The molecule has 0 fully saturated rings. The molecule has 0 amide bonds. The van der Waals surface area contributed by atoms with Gasteiger partial charge in [-0.3, -0.25) is 4.79 Å². The van der Waals surface area contributed by atoms with E-state index in [2.05, 4.69) is 10.1 Å². The molecule has 6 heteroatoms. The summed E-state index contributed by atoms with van der Waals surface area (Å²) < 4.78 is 1.42. The Balaban J connectivity index is 2.09. The number of phenols is 1. The van der Waals surface area contributed by atoms with Crippen LogP contribution in [0.15, 0.2) is 41.3 Å². The van der Waals surface area contributed by atoms with Crippen LogP contribution < -0.4 is 5.56 Å². The van der Waals surface area contributed by atoms with E-state index >= 15 is 0 Å². The Morgan fingerprint density at radius 3 is 2.90 bits per heavy atom. The highest BCUT2D eigenvalue weighted by Gasteiger charge is 2.19. The van der Waals surface area contributed by atoms with Crippen molar-refractivity contribution in [3.63, 3.8) is 0 Å². The number of thiophene rings is 1. The predicted molar refractivity (Wildman–Crippen MR) is 82.6 cm³/mol. The average molecular weight is 297 g/mol. The molecule has 21 heavy (non-hydrogen) atoms. The van der Waals surface area contributed by atoms with Crippen LogP contribution in [0, 0.1) is 6.92 Å². The van der Waals surface area contributed by atoms with Crippen LogP contribution in [0.1, 0.15) is 4.88 Å². The maximum Gasteiger partial charge on any atom is 0.283 e. The first-order chi connectivity index (χ1) is 10.1. The molecule has 0 bridgehead atoms. The number of rotatable bonds is 1. The Hall–Kier alpha value is -2.60. The van der Waals surface area contributed by atoms with E-state index in [-0.39, 0.29) is 11.3 Å². The fourth-order valence-corrected chi connectivity index (χ4v) is 3.24. The van der Waals surface area contributed by atoms with Crippen molar-refractivity contribution in [1.82, 2.24) is 14.8 Å². The van der Waals surface area contributed by atoms with Crippen LogP contribution in [0.4, 0.5) is 0 Å². The lowest BCUT2D eigenvalue weighted by atomic mass is 10.1. The minimum atomic E-state index is -0.159. The molecule has 0 atom stereocenters. The molecular weight excluding hydrogens is 286 g/mol. The second kappa shape index (κ2) is 4.20. The number of nitrogens with zero attached hydrogens (tertiary/aromatic N) is 2. The Labute approximate surface area is 123 Å². The summed E-state index contributed by atoms with van der Waals surface area (Å²) in [6.07, 6.45) is 1.67. The largest absolute Gasteiger partial charge is 0.508 e. The molecule has 0 spiro atoms. The molecule has 0 radical (unpaired) electrons. The van der Waals surface area contributed by atoms with Gasteiger partial charge in [0, 0.05) is 22.0 Å². The van der Waals surface area contributed by atoms with Crippen molar-refractivity contribution in [3.8, 4) is 22.0 Å². The van der Waals surface area contributed by atoms with E-state index in [1.807, 2.05) is 19.1 Å². The number of aromatic amines is 1. The van der Waals surface area contributed by atoms with Crippen LogP contribution in [-0.4, -0.2) is 19.9 Å². The number of H-pyrrole nitrogens is 1. The zero-order valence-electron chi connectivity index (χ0n) is 11.1. The monoisotopic (exact) mass is 297 g/mol. The Morgan fingerprint density at radius 2 is 2.14 bits per heavy atom. The number of fused-ring (bicyclic) bond motifs is 3. The van der Waals surface area contributed by atoms with E-state index < -0.39 is 0 Å². The molecular formula is C15H11N3O2S. The quantitative estimate of drug-likeness (QED) is 0.567. The fourth-order valence-electron chi connectivity index (χ4n) is 2.43. The highest BCUT2D eigenvalue weighted by atomic mass is 32.1. The van der Waals surface area contributed by atoms with Crippen LogP contribution in [0.25, 0.3) is 27.2 Å². The Bertz CT molecular complexity index is 996. The standard InChI is InChI=1S/C15H11N3O2S/c1-8-2-5-13(21-8)18-15(20)11-7-16-12-4-3-9(19)6-10(12)14(11)17-18/h2-7,16,19H,1H3. The lowest BCUT2D eigenvalue weighted by Crippen LogP contribution is -2.13. The van der Waals surface area contributed by atoms with Crippen molar-refractivity contribution in [1.29, 1.82) is 0 Å². The van der Waals surface area contributed by atoms with Gasteiger partial charge >= 0.3 is 0 Å². The second-order valence-electron chi connectivity index (χ2n) is 4.88. The third-order valence-electron chi connectivity index (χ3n) is 3.44. The summed E-state index contributed by atoms with van der Waals surface area (Å²) >= 11 is 1.52. The third-order valence-corrected chi connectivity index (χ3v) is 4.42. The zero-order valence-corrected chi connectivity index (χ0v) is 11.9. The number of aryl methyl sites for hydroxylation is 1. The minimum Gasteiger partial charge on any atom is -0.508 e. The molecule has 5 nitrogen and oxygen atoms in total.